The second-order valence-corrected chi connectivity index (χ2v) is 6.11. The summed E-state index contributed by atoms with van der Waals surface area (Å²) in [4.78, 5) is 25.4. The van der Waals surface area contributed by atoms with Crippen molar-refractivity contribution >= 4 is 10.9 Å². The van der Waals surface area contributed by atoms with Crippen LogP contribution in [0.5, 0.6) is 0 Å². The maximum atomic E-state index is 12.9. The van der Waals surface area contributed by atoms with Crippen molar-refractivity contribution in [2.75, 3.05) is 0 Å². The molecular weight excluding hydrogens is 318 g/mol. The molecule has 0 atom stereocenters. The Labute approximate surface area is 142 Å². The van der Waals surface area contributed by atoms with Crippen LogP contribution in [0.3, 0.4) is 0 Å². The van der Waals surface area contributed by atoms with Crippen molar-refractivity contribution in [3.8, 4) is 5.69 Å². The van der Waals surface area contributed by atoms with Crippen LogP contribution < -0.4 is 11.1 Å². The van der Waals surface area contributed by atoms with E-state index in [0.717, 1.165) is 11.3 Å². The Balaban J connectivity index is 1.94. The first-order valence-electron chi connectivity index (χ1n) is 7.99. The zero-order chi connectivity index (χ0) is 17.6. The number of hydrogen-bond donors (Lipinski definition) is 1. The number of aromatic amines is 1. The van der Waals surface area contributed by atoms with Gasteiger partial charge in [0.25, 0.3) is 11.1 Å². The molecule has 0 fully saturated rings. The Morgan fingerprint density at radius 1 is 1.08 bits per heavy atom. The van der Waals surface area contributed by atoms with Crippen molar-refractivity contribution in [3.63, 3.8) is 0 Å². The molecule has 0 aliphatic rings. The molecule has 4 rings (SSSR count). The second kappa shape index (κ2) is 5.66. The Morgan fingerprint density at radius 3 is 2.64 bits per heavy atom. The van der Waals surface area contributed by atoms with Crippen LogP contribution in [-0.4, -0.2) is 14.3 Å². The van der Waals surface area contributed by atoms with Crippen molar-refractivity contribution in [2.45, 2.75) is 20.4 Å². The number of H-pyrrole nitrogens is 1. The highest BCUT2D eigenvalue weighted by Gasteiger charge is 2.15. The third-order valence-electron chi connectivity index (χ3n) is 4.37. The van der Waals surface area contributed by atoms with E-state index in [1.807, 2.05) is 31.2 Å². The monoisotopic (exact) mass is 335 g/mol. The maximum absolute atomic E-state index is 12.9. The third kappa shape index (κ3) is 2.52. The van der Waals surface area contributed by atoms with Gasteiger partial charge in [-0.2, -0.15) is 0 Å². The summed E-state index contributed by atoms with van der Waals surface area (Å²) in [7, 11) is 0. The van der Waals surface area contributed by atoms with E-state index >= 15 is 0 Å². The first-order chi connectivity index (χ1) is 12.0. The quantitative estimate of drug-likeness (QED) is 0.626. The third-order valence-corrected chi connectivity index (χ3v) is 4.37. The minimum Gasteiger partial charge on any atom is -0.467 e. The molecular formula is C19H17N3O3. The predicted molar refractivity (Wildman–Crippen MR) is 95.4 cm³/mol. The van der Waals surface area contributed by atoms with Crippen molar-refractivity contribution < 1.29 is 4.42 Å². The number of furan rings is 1. The summed E-state index contributed by atoms with van der Waals surface area (Å²) in [6.07, 6.45) is 1.56. The molecule has 6 nitrogen and oxygen atoms in total. The molecule has 0 amide bonds. The van der Waals surface area contributed by atoms with E-state index in [4.69, 9.17) is 4.42 Å². The number of nitrogens with zero attached hydrogens (tertiary/aromatic N) is 2. The molecule has 0 unspecified atom stereocenters. The van der Waals surface area contributed by atoms with E-state index in [-0.39, 0.29) is 11.1 Å². The molecule has 0 bridgehead atoms. The summed E-state index contributed by atoms with van der Waals surface area (Å²) < 4.78 is 8.35. The average molecular weight is 335 g/mol. The molecule has 4 aromatic rings. The van der Waals surface area contributed by atoms with Gasteiger partial charge >= 0.3 is 0 Å². The Bertz CT molecular complexity index is 1180. The molecule has 0 spiro atoms. The molecule has 126 valence electrons. The minimum atomic E-state index is -0.181. The van der Waals surface area contributed by atoms with E-state index in [1.54, 1.807) is 29.9 Å². The molecule has 1 aromatic carbocycles. The number of fused-ring (bicyclic) bond motifs is 1. The number of aryl methyl sites for hydroxylation is 2. The van der Waals surface area contributed by atoms with E-state index < -0.39 is 0 Å². The van der Waals surface area contributed by atoms with Gasteiger partial charge in [0, 0.05) is 11.8 Å². The topological polar surface area (TPSA) is 72.9 Å². The first-order valence-corrected chi connectivity index (χ1v) is 7.99. The van der Waals surface area contributed by atoms with Crippen LogP contribution in [0.25, 0.3) is 16.6 Å². The molecule has 3 aromatic heterocycles. The number of pyridine rings is 1. The fourth-order valence-electron chi connectivity index (χ4n) is 3.11. The number of hydrogen-bond acceptors (Lipinski definition) is 3. The smallest absolute Gasteiger partial charge is 0.280 e. The van der Waals surface area contributed by atoms with Crippen molar-refractivity contribution in [1.82, 2.24) is 14.3 Å². The minimum absolute atomic E-state index is 0.175. The van der Waals surface area contributed by atoms with Gasteiger partial charge in [-0.05, 0) is 43.7 Å². The van der Waals surface area contributed by atoms with Crippen LogP contribution in [0, 0.1) is 13.8 Å². The van der Waals surface area contributed by atoms with Crippen LogP contribution in [0.15, 0.2) is 62.7 Å². The van der Waals surface area contributed by atoms with Gasteiger partial charge in [-0.15, -0.1) is 0 Å². The Hall–Kier alpha value is -3.28. The summed E-state index contributed by atoms with van der Waals surface area (Å²) in [5.74, 6) is 0.666. The zero-order valence-corrected chi connectivity index (χ0v) is 13.9. The molecule has 6 heteroatoms. The highest BCUT2D eigenvalue weighted by Crippen LogP contribution is 2.15. The highest BCUT2D eigenvalue weighted by molar-refractivity contribution is 5.80. The van der Waals surface area contributed by atoms with Crippen LogP contribution in [0.1, 0.15) is 17.0 Å². The van der Waals surface area contributed by atoms with E-state index in [1.165, 1.54) is 10.7 Å². The highest BCUT2D eigenvalue weighted by atomic mass is 16.3. The van der Waals surface area contributed by atoms with E-state index in [2.05, 4.69) is 5.10 Å². The van der Waals surface area contributed by atoms with Crippen molar-refractivity contribution in [3.05, 3.63) is 86.5 Å². The number of rotatable bonds is 3. The molecule has 0 saturated carbocycles. The van der Waals surface area contributed by atoms with Gasteiger partial charge in [-0.3, -0.25) is 14.7 Å². The Kier molecular flexibility index (Phi) is 3.46. The fourth-order valence-corrected chi connectivity index (χ4v) is 3.11. The van der Waals surface area contributed by atoms with Crippen LogP contribution in [-0.2, 0) is 6.54 Å². The SMILES string of the molecule is Cc1cccc(-n2[nH]c3cc(=O)n(Cc4ccco4)c(C)c3c2=O)c1. The summed E-state index contributed by atoms with van der Waals surface area (Å²) in [5, 5.41) is 3.55. The number of nitrogens with one attached hydrogen (secondary N) is 1. The van der Waals surface area contributed by atoms with Crippen LogP contribution >= 0.6 is 0 Å². The molecule has 0 radical (unpaired) electrons. The van der Waals surface area contributed by atoms with Gasteiger partial charge in [0.15, 0.2) is 0 Å². The number of benzene rings is 1. The maximum Gasteiger partial charge on any atom is 0.280 e. The summed E-state index contributed by atoms with van der Waals surface area (Å²) >= 11 is 0. The predicted octanol–water partition coefficient (Wildman–Crippen LogP) is 2.74. The normalized spacial score (nSPS) is 11.3. The molecule has 0 aliphatic carbocycles. The fraction of sp³-hybridized carbons (Fsp3) is 0.158. The number of aromatic nitrogens is 3. The molecule has 25 heavy (non-hydrogen) atoms. The second-order valence-electron chi connectivity index (χ2n) is 6.11. The van der Waals surface area contributed by atoms with Crippen molar-refractivity contribution in [2.24, 2.45) is 0 Å². The van der Waals surface area contributed by atoms with Crippen LogP contribution in [0.4, 0.5) is 0 Å². The Morgan fingerprint density at radius 2 is 1.92 bits per heavy atom. The largest absolute Gasteiger partial charge is 0.467 e. The van der Waals surface area contributed by atoms with Crippen LogP contribution in [0.2, 0.25) is 0 Å². The van der Waals surface area contributed by atoms with E-state index in [9.17, 15) is 9.59 Å². The lowest BCUT2D eigenvalue weighted by atomic mass is 10.2. The molecule has 0 saturated heterocycles. The molecule has 0 aliphatic heterocycles. The lowest BCUT2D eigenvalue weighted by molar-refractivity contribution is 0.487. The standard InChI is InChI=1S/C19H17N3O3/c1-12-5-3-6-14(9-12)22-19(24)18-13(2)21(11-15-7-4-8-25-15)17(23)10-16(18)20-22/h3-10,20H,11H2,1-2H3. The van der Waals surface area contributed by atoms with E-state index in [0.29, 0.717) is 28.9 Å². The average Bonchev–Trinajstić information content (AvgIpc) is 3.19. The van der Waals surface area contributed by atoms with Gasteiger partial charge < -0.3 is 8.98 Å². The van der Waals surface area contributed by atoms with Gasteiger partial charge in [-0.1, -0.05) is 12.1 Å². The summed E-state index contributed by atoms with van der Waals surface area (Å²) in [6, 6.07) is 12.7. The van der Waals surface area contributed by atoms with Gasteiger partial charge in [0.05, 0.1) is 29.4 Å². The van der Waals surface area contributed by atoms with Gasteiger partial charge in [0.1, 0.15) is 5.76 Å². The summed E-state index contributed by atoms with van der Waals surface area (Å²) in [5.41, 5.74) is 2.59. The lowest BCUT2D eigenvalue weighted by Crippen LogP contribution is -2.23. The molecule has 1 N–H and O–H groups in total. The zero-order valence-electron chi connectivity index (χ0n) is 13.9. The van der Waals surface area contributed by atoms with Gasteiger partial charge in [-0.25, -0.2) is 4.68 Å². The van der Waals surface area contributed by atoms with Gasteiger partial charge in [0.2, 0.25) is 0 Å². The van der Waals surface area contributed by atoms with Crippen molar-refractivity contribution in [1.29, 1.82) is 0 Å². The molecule has 3 heterocycles. The summed E-state index contributed by atoms with van der Waals surface area (Å²) in [6.45, 7) is 4.04. The lowest BCUT2D eigenvalue weighted by Gasteiger charge is -2.08. The first kappa shape index (κ1) is 15.3.